The van der Waals surface area contributed by atoms with Gasteiger partial charge in [0.1, 0.15) is 0 Å². The van der Waals surface area contributed by atoms with Crippen LogP contribution in [0.15, 0.2) is 5.10 Å². The average Bonchev–Trinajstić information content (AvgIpc) is 1.59. The van der Waals surface area contributed by atoms with E-state index in [0.29, 0.717) is 5.55 Å². The molecule has 0 heterocycles. The van der Waals surface area contributed by atoms with E-state index < -0.39 is 10.1 Å². The van der Waals surface area contributed by atoms with Gasteiger partial charge in [0, 0.05) is 7.05 Å². The molecule has 6 heteroatoms. The third-order valence-electron chi connectivity index (χ3n) is 0.315. The van der Waals surface area contributed by atoms with Crippen molar-refractivity contribution in [1.29, 1.82) is 0 Å². The van der Waals surface area contributed by atoms with Crippen LogP contribution in [0.2, 0.25) is 0 Å². The summed E-state index contributed by atoms with van der Waals surface area (Å²) in [6, 6.07) is 0. The predicted octanol–water partition coefficient (Wildman–Crippen LogP) is -0.963. The van der Waals surface area contributed by atoms with Crippen LogP contribution in [0, 0.1) is 0 Å². The molecule has 0 aromatic carbocycles. The molecule has 0 rings (SSSR count). The molecular weight excluding hydrogens is 132 g/mol. The standard InChI is InChI=1S/C2H6N2O3S/c1-3-4-2-8(5,6)7/h2-3H,1H3,(H,5,6,7)/b4-2+. The molecule has 2 N–H and O–H groups in total. The minimum absolute atomic E-state index is 0.410. The summed E-state index contributed by atoms with van der Waals surface area (Å²) in [6.45, 7) is 0. The number of hydrogen-bond acceptors (Lipinski definition) is 4. The highest BCUT2D eigenvalue weighted by molar-refractivity contribution is 7.99. The van der Waals surface area contributed by atoms with Crippen molar-refractivity contribution < 1.29 is 13.0 Å². The molecule has 0 saturated heterocycles. The fourth-order valence-corrected chi connectivity index (χ4v) is 0.358. The van der Waals surface area contributed by atoms with Gasteiger partial charge in [0.2, 0.25) is 0 Å². The molecule has 0 amide bonds. The molecule has 0 aliphatic rings. The van der Waals surface area contributed by atoms with Crippen molar-refractivity contribution in [3.63, 3.8) is 0 Å². The van der Waals surface area contributed by atoms with Gasteiger partial charge >= 0.3 is 10.1 Å². The van der Waals surface area contributed by atoms with Crippen molar-refractivity contribution in [2.75, 3.05) is 7.05 Å². The minimum atomic E-state index is -4.04. The number of nitrogens with zero attached hydrogens (tertiary/aromatic N) is 1. The average molecular weight is 138 g/mol. The first-order chi connectivity index (χ1) is 3.56. The van der Waals surface area contributed by atoms with E-state index >= 15 is 0 Å². The van der Waals surface area contributed by atoms with Crippen molar-refractivity contribution in [1.82, 2.24) is 5.43 Å². The first-order valence-electron chi connectivity index (χ1n) is 1.73. The molecule has 0 bridgehead atoms. The molecular formula is C2H6N2O3S. The Bertz CT molecular complexity index is 170. The Morgan fingerprint density at radius 1 is 1.75 bits per heavy atom. The quantitative estimate of drug-likeness (QED) is 0.223. The third-order valence-corrected chi connectivity index (χ3v) is 0.687. The molecule has 5 nitrogen and oxygen atoms in total. The molecule has 0 aliphatic heterocycles. The van der Waals surface area contributed by atoms with E-state index in [-0.39, 0.29) is 0 Å². The van der Waals surface area contributed by atoms with Gasteiger partial charge in [0.25, 0.3) is 0 Å². The molecule has 0 atom stereocenters. The molecule has 0 fully saturated rings. The van der Waals surface area contributed by atoms with Crippen LogP contribution in [0.3, 0.4) is 0 Å². The third kappa shape index (κ3) is 5.38. The highest BCUT2D eigenvalue weighted by atomic mass is 32.2. The van der Waals surface area contributed by atoms with Crippen molar-refractivity contribution in [2.45, 2.75) is 0 Å². The van der Waals surface area contributed by atoms with Gasteiger partial charge in [0.15, 0.2) is 5.55 Å². The number of hydrogen-bond donors (Lipinski definition) is 2. The summed E-state index contributed by atoms with van der Waals surface area (Å²) in [4.78, 5) is 0. The monoisotopic (exact) mass is 138 g/mol. The van der Waals surface area contributed by atoms with Gasteiger partial charge in [-0.05, 0) is 0 Å². The Kier molecular flexibility index (Phi) is 2.43. The predicted molar refractivity (Wildman–Crippen MR) is 29.1 cm³/mol. The van der Waals surface area contributed by atoms with Gasteiger partial charge in [0.05, 0.1) is 0 Å². The maximum absolute atomic E-state index is 9.76. The largest absolute Gasteiger partial charge is 0.312 e. The zero-order chi connectivity index (χ0) is 6.62. The van der Waals surface area contributed by atoms with Gasteiger partial charge < -0.3 is 5.43 Å². The van der Waals surface area contributed by atoms with Gasteiger partial charge in [-0.1, -0.05) is 0 Å². The van der Waals surface area contributed by atoms with Crippen LogP contribution in [0.1, 0.15) is 0 Å². The van der Waals surface area contributed by atoms with E-state index in [9.17, 15) is 8.42 Å². The van der Waals surface area contributed by atoms with Crippen LogP contribution >= 0.6 is 0 Å². The van der Waals surface area contributed by atoms with Crippen molar-refractivity contribution in [2.24, 2.45) is 5.10 Å². The molecule has 0 aromatic rings. The second kappa shape index (κ2) is 2.63. The van der Waals surface area contributed by atoms with Gasteiger partial charge in [-0.3, -0.25) is 4.55 Å². The summed E-state index contributed by atoms with van der Waals surface area (Å²) in [5, 5.41) is 3.03. The molecule has 0 unspecified atom stereocenters. The van der Waals surface area contributed by atoms with Crippen LogP contribution in [-0.2, 0) is 10.1 Å². The Morgan fingerprint density at radius 2 is 2.25 bits per heavy atom. The molecule has 8 heavy (non-hydrogen) atoms. The Morgan fingerprint density at radius 3 is 2.38 bits per heavy atom. The van der Waals surface area contributed by atoms with Crippen molar-refractivity contribution in [3.8, 4) is 0 Å². The second-order valence-corrected chi connectivity index (χ2v) is 2.21. The van der Waals surface area contributed by atoms with Crippen molar-refractivity contribution in [3.05, 3.63) is 0 Å². The first-order valence-corrected chi connectivity index (χ1v) is 3.24. The lowest BCUT2D eigenvalue weighted by Gasteiger charge is -1.82. The van der Waals surface area contributed by atoms with Crippen molar-refractivity contribution >= 4 is 15.7 Å². The highest BCUT2D eigenvalue weighted by Crippen LogP contribution is 1.69. The summed E-state index contributed by atoms with van der Waals surface area (Å²) in [5.41, 5.74) is 2.56. The summed E-state index contributed by atoms with van der Waals surface area (Å²) in [6.07, 6.45) is 0. The fourth-order valence-electron chi connectivity index (χ4n) is 0.119. The van der Waals surface area contributed by atoms with E-state index in [1.54, 1.807) is 0 Å². The highest BCUT2D eigenvalue weighted by Gasteiger charge is 1.93. The van der Waals surface area contributed by atoms with Crippen LogP contribution in [-0.4, -0.2) is 25.6 Å². The van der Waals surface area contributed by atoms with Crippen LogP contribution < -0.4 is 5.43 Å². The number of hydrazone groups is 1. The topological polar surface area (TPSA) is 78.8 Å². The number of nitrogens with one attached hydrogen (secondary N) is 1. The van der Waals surface area contributed by atoms with Crippen LogP contribution in [0.5, 0.6) is 0 Å². The zero-order valence-corrected chi connectivity index (χ0v) is 5.01. The minimum Gasteiger partial charge on any atom is -0.312 e. The smallest absolute Gasteiger partial charge is 0.306 e. The molecule has 0 saturated carbocycles. The molecule has 48 valence electrons. The molecule has 0 aromatic heterocycles. The lowest BCUT2D eigenvalue weighted by molar-refractivity contribution is 0.499. The zero-order valence-electron chi connectivity index (χ0n) is 4.20. The van der Waals surface area contributed by atoms with E-state index in [1.165, 1.54) is 7.05 Å². The first kappa shape index (κ1) is 7.38. The normalized spacial score (nSPS) is 12.2. The summed E-state index contributed by atoms with van der Waals surface area (Å²) >= 11 is 0. The Labute approximate surface area is 47.1 Å². The summed E-state index contributed by atoms with van der Waals surface area (Å²) in [5.74, 6) is 0. The fraction of sp³-hybridized carbons (Fsp3) is 0.500. The lowest BCUT2D eigenvalue weighted by Crippen LogP contribution is -2.02. The van der Waals surface area contributed by atoms with Crippen LogP contribution in [0.4, 0.5) is 0 Å². The van der Waals surface area contributed by atoms with Gasteiger partial charge in [-0.2, -0.15) is 13.5 Å². The van der Waals surface area contributed by atoms with E-state index in [0.717, 1.165) is 0 Å². The maximum atomic E-state index is 9.76. The van der Waals surface area contributed by atoms with Crippen LogP contribution in [0.25, 0.3) is 0 Å². The summed E-state index contributed by atoms with van der Waals surface area (Å²) < 4.78 is 27.4. The second-order valence-electron chi connectivity index (χ2n) is 0.973. The molecule has 0 spiro atoms. The molecule has 0 radical (unpaired) electrons. The lowest BCUT2D eigenvalue weighted by atomic mass is 11.5. The van der Waals surface area contributed by atoms with E-state index in [4.69, 9.17) is 4.55 Å². The Hall–Kier alpha value is -0.620. The Balaban J connectivity index is 3.92. The SMILES string of the molecule is CN/N=C/S(=O)(=O)O. The van der Waals surface area contributed by atoms with E-state index in [1.807, 2.05) is 0 Å². The molecule has 0 aliphatic carbocycles. The number of rotatable bonds is 2. The van der Waals surface area contributed by atoms with E-state index in [2.05, 4.69) is 10.5 Å². The maximum Gasteiger partial charge on any atom is 0.306 e. The summed E-state index contributed by atoms with van der Waals surface area (Å²) in [7, 11) is -2.62. The van der Waals surface area contributed by atoms with Gasteiger partial charge in [-0.25, -0.2) is 0 Å². The van der Waals surface area contributed by atoms with Gasteiger partial charge in [-0.15, -0.1) is 0 Å².